The minimum atomic E-state index is -3.90. The average molecular weight is 327 g/mol. The molecular formula is C15H15F2NO3S. The molecule has 0 fully saturated rings. The highest BCUT2D eigenvalue weighted by Gasteiger charge is 2.17. The van der Waals surface area contributed by atoms with Gasteiger partial charge in [0.25, 0.3) is 10.0 Å². The van der Waals surface area contributed by atoms with Gasteiger partial charge < -0.3 is 4.74 Å². The Balaban J connectivity index is 2.35. The summed E-state index contributed by atoms with van der Waals surface area (Å²) in [4.78, 5) is 0.0230. The van der Waals surface area contributed by atoms with Gasteiger partial charge in [-0.25, -0.2) is 17.2 Å². The lowest BCUT2D eigenvalue weighted by atomic mass is 10.1. The third kappa shape index (κ3) is 3.36. The van der Waals surface area contributed by atoms with Crippen LogP contribution >= 0.6 is 0 Å². The molecular weight excluding hydrogens is 312 g/mol. The predicted molar refractivity (Wildman–Crippen MR) is 79.5 cm³/mol. The largest absolute Gasteiger partial charge is 0.496 e. The van der Waals surface area contributed by atoms with E-state index >= 15 is 0 Å². The highest BCUT2D eigenvalue weighted by Crippen LogP contribution is 2.24. The SMILES string of the molecule is CCc1cc(S(=O)(=O)Nc2ccc(F)c(F)c2)ccc1OC. The first-order valence-corrected chi connectivity index (χ1v) is 8.00. The molecule has 0 aliphatic rings. The molecule has 0 saturated heterocycles. The maximum Gasteiger partial charge on any atom is 0.261 e. The Hall–Kier alpha value is -2.15. The highest BCUT2D eigenvalue weighted by molar-refractivity contribution is 7.92. The summed E-state index contributed by atoms with van der Waals surface area (Å²) < 4.78 is 58.0. The van der Waals surface area contributed by atoms with E-state index in [0.29, 0.717) is 12.2 Å². The minimum absolute atomic E-state index is 0.0230. The summed E-state index contributed by atoms with van der Waals surface area (Å²) in [5.41, 5.74) is 0.684. The minimum Gasteiger partial charge on any atom is -0.496 e. The predicted octanol–water partition coefficient (Wildman–Crippen LogP) is 3.34. The Kier molecular flexibility index (Phi) is 4.65. The van der Waals surface area contributed by atoms with Crippen molar-refractivity contribution in [3.05, 3.63) is 53.6 Å². The van der Waals surface area contributed by atoms with E-state index in [1.165, 1.54) is 19.2 Å². The fourth-order valence-corrected chi connectivity index (χ4v) is 3.07. The second-order valence-electron chi connectivity index (χ2n) is 4.56. The third-order valence-electron chi connectivity index (χ3n) is 3.11. The molecule has 0 radical (unpaired) electrons. The summed E-state index contributed by atoms with van der Waals surface area (Å²) in [5.74, 6) is -1.57. The standard InChI is InChI=1S/C15H15F2NO3S/c1-3-10-8-12(5-7-15(10)21-2)22(19,20)18-11-4-6-13(16)14(17)9-11/h4-9,18H,3H2,1-2H3. The molecule has 0 aliphatic carbocycles. The maximum atomic E-state index is 13.1. The van der Waals surface area contributed by atoms with Gasteiger partial charge in [-0.2, -0.15) is 0 Å². The monoisotopic (exact) mass is 327 g/mol. The molecule has 2 rings (SSSR count). The lowest BCUT2D eigenvalue weighted by Gasteiger charge is -2.11. The number of halogens is 2. The molecule has 0 saturated carbocycles. The van der Waals surface area contributed by atoms with Crippen LogP contribution in [0, 0.1) is 11.6 Å². The van der Waals surface area contributed by atoms with Gasteiger partial charge in [0.1, 0.15) is 5.75 Å². The number of anilines is 1. The second kappa shape index (κ2) is 6.31. The van der Waals surface area contributed by atoms with Gasteiger partial charge in [-0.15, -0.1) is 0 Å². The molecule has 0 aromatic heterocycles. The first kappa shape index (κ1) is 16.2. The fraction of sp³-hybridized carbons (Fsp3) is 0.200. The van der Waals surface area contributed by atoms with Crippen LogP contribution in [0.15, 0.2) is 41.3 Å². The van der Waals surface area contributed by atoms with Crippen LogP contribution in [0.2, 0.25) is 0 Å². The molecule has 1 N–H and O–H groups in total. The molecule has 2 aromatic rings. The average Bonchev–Trinajstić information content (AvgIpc) is 2.50. The van der Waals surface area contributed by atoms with E-state index in [0.717, 1.165) is 23.8 Å². The molecule has 0 atom stereocenters. The number of nitrogens with one attached hydrogen (secondary N) is 1. The summed E-state index contributed by atoms with van der Waals surface area (Å²) in [7, 11) is -2.39. The number of benzene rings is 2. The Morgan fingerprint density at radius 2 is 1.82 bits per heavy atom. The number of ether oxygens (including phenoxy) is 1. The van der Waals surface area contributed by atoms with E-state index in [1.807, 2.05) is 6.92 Å². The van der Waals surface area contributed by atoms with Gasteiger partial charge in [0.2, 0.25) is 0 Å². The van der Waals surface area contributed by atoms with E-state index < -0.39 is 21.7 Å². The van der Waals surface area contributed by atoms with E-state index in [4.69, 9.17) is 4.74 Å². The first-order chi connectivity index (χ1) is 10.4. The van der Waals surface area contributed by atoms with Gasteiger partial charge in [0.05, 0.1) is 17.7 Å². The van der Waals surface area contributed by atoms with Crippen molar-refractivity contribution in [2.24, 2.45) is 0 Å². The van der Waals surface area contributed by atoms with Gasteiger partial charge in [-0.3, -0.25) is 4.72 Å². The molecule has 0 aliphatic heterocycles. The zero-order valence-electron chi connectivity index (χ0n) is 12.1. The van der Waals surface area contributed by atoms with E-state index in [2.05, 4.69) is 4.72 Å². The lowest BCUT2D eigenvalue weighted by Crippen LogP contribution is -2.13. The summed E-state index contributed by atoms with van der Waals surface area (Å²) in [6.45, 7) is 1.87. The fourth-order valence-electron chi connectivity index (χ4n) is 1.97. The zero-order valence-corrected chi connectivity index (χ0v) is 12.9. The van der Waals surface area contributed by atoms with Crippen LogP contribution in [-0.4, -0.2) is 15.5 Å². The van der Waals surface area contributed by atoms with E-state index in [-0.39, 0.29) is 10.6 Å². The molecule has 7 heteroatoms. The van der Waals surface area contributed by atoms with E-state index in [1.54, 1.807) is 6.07 Å². The summed E-state index contributed by atoms with van der Waals surface area (Å²) in [5, 5.41) is 0. The van der Waals surface area contributed by atoms with Crippen LogP contribution in [0.3, 0.4) is 0 Å². The van der Waals surface area contributed by atoms with Crippen molar-refractivity contribution < 1.29 is 21.9 Å². The normalized spacial score (nSPS) is 11.3. The lowest BCUT2D eigenvalue weighted by molar-refractivity contribution is 0.409. The Morgan fingerprint density at radius 3 is 2.41 bits per heavy atom. The maximum absolute atomic E-state index is 13.1. The number of hydrogen-bond donors (Lipinski definition) is 1. The topological polar surface area (TPSA) is 55.4 Å². The molecule has 0 unspecified atom stereocenters. The molecule has 22 heavy (non-hydrogen) atoms. The van der Waals surface area contributed by atoms with Crippen molar-refractivity contribution in [1.82, 2.24) is 0 Å². The van der Waals surface area contributed by atoms with Crippen molar-refractivity contribution in [2.45, 2.75) is 18.2 Å². The number of sulfonamides is 1. The highest BCUT2D eigenvalue weighted by atomic mass is 32.2. The van der Waals surface area contributed by atoms with Crippen LogP contribution < -0.4 is 9.46 Å². The smallest absolute Gasteiger partial charge is 0.261 e. The van der Waals surface area contributed by atoms with Crippen molar-refractivity contribution in [3.63, 3.8) is 0 Å². The van der Waals surface area contributed by atoms with Crippen molar-refractivity contribution >= 4 is 15.7 Å². The third-order valence-corrected chi connectivity index (χ3v) is 4.49. The molecule has 0 spiro atoms. The zero-order chi connectivity index (χ0) is 16.3. The summed E-state index contributed by atoms with van der Waals surface area (Å²) in [6, 6.07) is 7.23. The molecule has 0 heterocycles. The molecule has 0 amide bonds. The van der Waals surface area contributed by atoms with Crippen molar-refractivity contribution in [1.29, 1.82) is 0 Å². The Bertz CT molecular complexity index is 791. The Labute approximate surface area is 127 Å². The molecule has 2 aromatic carbocycles. The number of rotatable bonds is 5. The number of aryl methyl sites for hydroxylation is 1. The van der Waals surface area contributed by atoms with Gasteiger partial charge >= 0.3 is 0 Å². The molecule has 4 nitrogen and oxygen atoms in total. The van der Waals surface area contributed by atoms with Crippen LogP contribution in [-0.2, 0) is 16.4 Å². The van der Waals surface area contributed by atoms with Crippen LogP contribution in [0.1, 0.15) is 12.5 Å². The van der Waals surface area contributed by atoms with Crippen LogP contribution in [0.25, 0.3) is 0 Å². The van der Waals surface area contributed by atoms with Gasteiger partial charge in [0.15, 0.2) is 11.6 Å². The van der Waals surface area contributed by atoms with Gasteiger partial charge in [-0.05, 0) is 42.3 Å². The quantitative estimate of drug-likeness (QED) is 0.916. The Morgan fingerprint density at radius 1 is 1.09 bits per heavy atom. The molecule has 118 valence electrons. The first-order valence-electron chi connectivity index (χ1n) is 6.52. The van der Waals surface area contributed by atoms with Crippen molar-refractivity contribution in [2.75, 3.05) is 11.8 Å². The van der Waals surface area contributed by atoms with Gasteiger partial charge in [0, 0.05) is 6.07 Å². The summed E-state index contributed by atoms with van der Waals surface area (Å²) >= 11 is 0. The van der Waals surface area contributed by atoms with Gasteiger partial charge in [-0.1, -0.05) is 6.92 Å². The summed E-state index contributed by atoms with van der Waals surface area (Å²) in [6.07, 6.45) is 0.595. The number of methoxy groups -OCH3 is 1. The van der Waals surface area contributed by atoms with Crippen LogP contribution in [0.5, 0.6) is 5.75 Å². The van der Waals surface area contributed by atoms with Crippen LogP contribution in [0.4, 0.5) is 14.5 Å². The molecule has 0 bridgehead atoms. The second-order valence-corrected chi connectivity index (χ2v) is 6.24. The van der Waals surface area contributed by atoms with Crippen molar-refractivity contribution in [3.8, 4) is 5.75 Å². The van der Waals surface area contributed by atoms with E-state index in [9.17, 15) is 17.2 Å². The number of hydrogen-bond acceptors (Lipinski definition) is 3.